The summed E-state index contributed by atoms with van der Waals surface area (Å²) >= 11 is 0. The first kappa shape index (κ1) is 33.6. The molecule has 0 aliphatic carbocycles. The summed E-state index contributed by atoms with van der Waals surface area (Å²) in [7, 11) is -0.591. The molecule has 0 bridgehead atoms. The number of hydrogen-bond donors (Lipinski definition) is 1. The van der Waals surface area contributed by atoms with E-state index in [4.69, 9.17) is 14.2 Å². The fraction of sp³-hybridized carbons (Fsp3) is 0.278. The van der Waals surface area contributed by atoms with E-state index >= 15 is 0 Å². The van der Waals surface area contributed by atoms with Gasteiger partial charge in [-0.1, -0.05) is 54.6 Å². The Labute approximate surface area is 275 Å². The van der Waals surface area contributed by atoms with Crippen LogP contribution in [0.15, 0.2) is 108 Å². The van der Waals surface area contributed by atoms with Crippen LogP contribution < -0.4 is 14.8 Å². The van der Waals surface area contributed by atoms with Gasteiger partial charge in [-0.25, -0.2) is 8.42 Å². The van der Waals surface area contributed by atoms with Gasteiger partial charge in [0.15, 0.2) is 0 Å². The van der Waals surface area contributed by atoms with Gasteiger partial charge in [-0.3, -0.25) is 9.59 Å². The minimum absolute atomic E-state index is 0.0933. The normalized spacial score (nSPS) is 14.2. The molecule has 0 saturated carbocycles. The topological polar surface area (TPSA) is 114 Å². The van der Waals surface area contributed by atoms with E-state index in [1.54, 1.807) is 43.4 Å². The summed E-state index contributed by atoms with van der Waals surface area (Å²) < 4.78 is 43.7. The Balaban J connectivity index is 1.47. The maximum absolute atomic E-state index is 14.3. The van der Waals surface area contributed by atoms with Gasteiger partial charge in [-0.2, -0.15) is 4.31 Å². The Bertz CT molecular complexity index is 1720. The molecule has 1 atom stereocenters. The maximum atomic E-state index is 14.3. The van der Waals surface area contributed by atoms with Crippen LogP contribution in [0, 0.1) is 0 Å². The van der Waals surface area contributed by atoms with Crippen LogP contribution in [0.5, 0.6) is 11.5 Å². The van der Waals surface area contributed by atoms with Crippen LogP contribution in [0.3, 0.4) is 0 Å². The van der Waals surface area contributed by atoms with Gasteiger partial charge in [0.05, 0.1) is 32.3 Å². The van der Waals surface area contributed by atoms with E-state index in [2.05, 4.69) is 5.32 Å². The lowest BCUT2D eigenvalue weighted by Gasteiger charge is -2.32. The fourth-order valence-electron chi connectivity index (χ4n) is 5.40. The molecule has 47 heavy (non-hydrogen) atoms. The van der Waals surface area contributed by atoms with Crippen molar-refractivity contribution in [3.63, 3.8) is 0 Å². The lowest BCUT2D eigenvalue weighted by atomic mass is 10.0. The molecule has 1 N–H and O–H groups in total. The zero-order valence-electron chi connectivity index (χ0n) is 26.5. The standard InChI is InChI=1S/C36H39N3O7S/c1-44-31-14-8-28(9-15-31)26-37-35(40)34(29-10-16-32(45-2)17-11-29)39(21-20-27-6-4-3-5-7-27)36(41)30-12-18-33(19-13-30)47(42,43)38-22-24-46-25-23-38/h3-19,34H,20-26H2,1-2H3,(H,37,40)/t34-/m1/s1. The van der Waals surface area contributed by atoms with Crippen LogP contribution in [-0.4, -0.2) is 76.5 Å². The molecule has 1 fully saturated rings. The third-order valence-electron chi connectivity index (χ3n) is 8.07. The highest BCUT2D eigenvalue weighted by molar-refractivity contribution is 7.89. The van der Waals surface area contributed by atoms with Crippen molar-refractivity contribution in [2.24, 2.45) is 0 Å². The predicted octanol–water partition coefficient (Wildman–Crippen LogP) is 4.47. The molecule has 2 amide bonds. The van der Waals surface area contributed by atoms with Crippen molar-refractivity contribution in [1.82, 2.24) is 14.5 Å². The molecule has 1 heterocycles. The Morgan fingerprint density at radius 2 is 1.40 bits per heavy atom. The van der Waals surface area contributed by atoms with Gasteiger partial charge >= 0.3 is 0 Å². The second-order valence-electron chi connectivity index (χ2n) is 11.0. The fourth-order valence-corrected chi connectivity index (χ4v) is 6.81. The van der Waals surface area contributed by atoms with Crippen LogP contribution in [0.2, 0.25) is 0 Å². The minimum atomic E-state index is -3.74. The summed E-state index contributed by atoms with van der Waals surface area (Å²) in [5, 5.41) is 3.01. The van der Waals surface area contributed by atoms with Crippen LogP contribution in [0.4, 0.5) is 0 Å². The quantitative estimate of drug-likeness (QED) is 0.226. The molecule has 1 aliphatic heterocycles. The van der Waals surface area contributed by atoms with Crippen molar-refractivity contribution in [3.8, 4) is 11.5 Å². The van der Waals surface area contributed by atoms with E-state index in [0.29, 0.717) is 36.7 Å². The molecule has 4 aromatic rings. The summed E-state index contributed by atoms with van der Waals surface area (Å²) in [6.07, 6.45) is 0.495. The van der Waals surface area contributed by atoms with Gasteiger partial charge in [0.1, 0.15) is 17.5 Å². The number of carbonyl (C=O) groups is 2. The van der Waals surface area contributed by atoms with Crippen molar-refractivity contribution < 1.29 is 32.2 Å². The summed E-state index contributed by atoms with van der Waals surface area (Å²) in [4.78, 5) is 30.1. The van der Waals surface area contributed by atoms with Gasteiger partial charge in [-0.15, -0.1) is 0 Å². The van der Waals surface area contributed by atoms with Crippen molar-refractivity contribution in [3.05, 3.63) is 125 Å². The lowest BCUT2D eigenvalue weighted by molar-refractivity contribution is -0.126. The molecule has 0 aromatic heterocycles. The molecule has 1 aliphatic rings. The number of rotatable bonds is 13. The largest absolute Gasteiger partial charge is 0.497 e. The lowest BCUT2D eigenvalue weighted by Crippen LogP contribution is -2.44. The maximum Gasteiger partial charge on any atom is 0.254 e. The average molecular weight is 658 g/mol. The third-order valence-corrected chi connectivity index (χ3v) is 9.98. The summed E-state index contributed by atoms with van der Waals surface area (Å²) in [6.45, 7) is 1.67. The first-order valence-corrected chi connectivity index (χ1v) is 16.8. The number of morpholine rings is 1. The first-order chi connectivity index (χ1) is 22.8. The van der Waals surface area contributed by atoms with Crippen molar-refractivity contribution in [2.45, 2.75) is 23.9 Å². The Kier molecular flexibility index (Phi) is 11.3. The SMILES string of the molecule is COc1ccc(CNC(=O)[C@@H](c2ccc(OC)cc2)N(CCc2ccccc2)C(=O)c2ccc(S(=O)(=O)N3CCOCC3)cc2)cc1. The number of hydrogen-bond acceptors (Lipinski definition) is 7. The second kappa shape index (κ2) is 15.7. The zero-order valence-corrected chi connectivity index (χ0v) is 27.3. The van der Waals surface area contributed by atoms with Crippen molar-refractivity contribution in [1.29, 1.82) is 0 Å². The van der Waals surface area contributed by atoms with Crippen LogP contribution in [0.1, 0.15) is 33.1 Å². The van der Waals surface area contributed by atoms with E-state index in [9.17, 15) is 18.0 Å². The number of nitrogens with one attached hydrogen (secondary N) is 1. The number of benzene rings is 4. The molecule has 0 spiro atoms. The molecule has 1 saturated heterocycles. The van der Waals surface area contributed by atoms with E-state index in [1.807, 2.05) is 54.6 Å². The number of ether oxygens (including phenoxy) is 3. The van der Waals surface area contributed by atoms with Crippen LogP contribution in [0.25, 0.3) is 0 Å². The van der Waals surface area contributed by atoms with E-state index in [-0.39, 0.29) is 42.5 Å². The molecule has 10 nitrogen and oxygen atoms in total. The Morgan fingerprint density at radius 3 is 2.00 bits per heavy atom. The van der Waals surface area contributed by atoms with Gasteiger partial charge in [0, 0.05) is 31.7 Å². The minimum Gasteiger partial charge on any atom is -0.497 e. The summed E-state index contributed by atoms with van der Waals surface area (Å²) in [5.41, 5.74) is 2.74. The van der Waals surface area contributed by atoms with Gasteiger partial charge in [0.25, 0.3) is 5.91 Å². The summed E-state index contributed by atoms with van der Waals surface area (Å²) in [6, 6.07) is 29.1. The molecule has 11 heteroatoms. The van der Waals surface area contributed by atoms with E-state index in [1.165, 1.54) is 28.6 Å². The first-order valence-electron chi connectivity index (χ1n) is 15.4. The number of amides is 2. The number of carbonyl (C=O) groups excluding carboxylic acids is 2. The molecular weight excluding hydrogens is 618 g/mol. The Morgan fingerprint density at radius 1 is 0.809 bits per heavy atom. The number of nitrogens with zero attached hydrogens (tertiary/aromatic N) is 2. The van der Waals surface area contributed by atoms with Crippen LogP contribution in [-0.2, 0) is 32.5 Å². The highest BCUT2D eigenvalue weighted by Crippen LogP contribution is 2.27. The van der Waals surface area contributed by atoms with E-state index in [0.717, 1.165) is 11.1 Å². The molecule has 4 aromatic carbocycles. The zero-order chi connectivity index (χ0) is 33.2. The highest BCUT2D eigenvalue weighted by atomic mass is 32.2. The van der Waals surface area contributed by atoms with Gasteiger partial charge in [-0.05, 0) is 71.6 Å². The second-order valence-corrected chi connectivity index (χ2v) is 13.0. The predicted molar refractivity (Wildman–Crippen MR) is 178 cm³/mol. The highest BCUT2D eigenvalue weighted by Gasteiger charge is 2.33. The Hall–Kier alpha value is -4.71. The van der Waals surface area contributed by atoms with Gasteiger partial charge < -0.3 is 24.4 Å². The molecular formula is C36H39N3O7S. The van der Waals surface area contributed by atoms with Crippen molar-refractivity contribution >= 4 is 21.8 Å². The van der Waals surface area contributed by atoms with Crippen molar-refractivity contribution in [2.75, 3.05) is 47.1 Å². The monoisotopic (exact) mass is 657 g/mol. The molecule has 0 radical (unpaired) electrons. The van der Waals surface area contributed by atoms with Gasteiger partial charge in [0.2, 0.25) is 15.9 Å². The number of sulfonamides is 1. The summed E-state index contributed by atoms with van der Waals surface area (Å²) in [5.74, 6) is 0.554. The van der Waals surface area contributed by atoms with Crippen LogP contribution >= 0.6 is 0 Å². The molecule has 0 unspecified atom stereocenters. The third kappa shape index (κ3) is 8.37. The smallest absolute Gasteiger partial charge is 0.254 e. The molecule has 5 rings (SSSR count). The average Bonchev–Trinajstić information content (AvgIpc) is 3.13. The molecule has 246 valence electrons. The number of methoxy groups -OCH3 is 2. The van der Waals surface area contributed by atoms with E-state index < -0.39 is 22.0 Å².